The quantitative estimate of drug-likeness (QED) is 0.513. The van der Waals surface area contributed by atoms with E-state index >= 15 is 0 Å². The highest BCUT2D eigenvalue weighted by Gasteiger charge is 2.42. The molecule has 2 unspecified atom stereocenters. The number of rotatable bonds is 5. The van der Waals surface area contributed by atoms with Crippen molar-refractivity contribution in [1.82, 2.24) is 14.9 Å². The molecule has 2 bridgehead atoms. The van der Waals surface area contributed by atoms with Gasteiger partial charge in [-0.1, -0.05) is 23.8 Å². The molecule has 6 rings (SSSR count). The standard InChI is InChI=1S/C31H42ClN5O2/c1-19(2)31(12-15-37(16-13-31)30-33-28-24(29(38)34-30)7-6-14-35(28)4)27-20(3)26(11-10-25(27)32)39-23-17-21-8-9-22(18-23)36(21)5/h10-11,21-23H,1,6-9,12-18H2,2-5H3,(H,33,34,38). The van der Waals surface area contributed by atoms with Crippen molar-refractivity contribution >= 4 is 23.4 Å². The van der Waals surface area contributed by atoms with Crippen LogP contribution >= 0.6 is 11.6 Å². The fourth-order valence-corrected chi connectivity index (χ4v) is 8.15. The van der Waals surface area contributed by atoms with Gasteiger partial charge in [-0.25, -0.2) is 0 Å². The molecule has 2 atom stereocenters. The summed E-state index contributed by atoms with van der Waals surface area (Å²) in [6.07, 6.45) is 8.46. The van der Waals surface area contributed by atoms with Crippen molar-refractivity contribution in [3.8, 4) is 5.75 Å². The molecule has 0 spiro atoms. The third kappa shape index (κ3) is 4.55. The number of nitrogens with zero attached hydrogens (tertiary/aromatic N) is 4. The van der Waals surface area contributed by atoms with Crippen LogP contribution in [0.3, 0.4) is 0 Å². The van der Waals surface area contributed by atoms with Crippen LogP contribution in [0.4, 0.5) is 11.8 Å². The highest BCUT2D eigenvalue weighted by atomic mass is 35.5. The van der Waals surface area contributed by atoms with Gasteiger partial charge in [0.25, 0.3) is 5.56 Å². The Hall–Kier alpha value is -2.51. The predicted molar refractivity (Wildman–Crippen MR) is 159 cm³/mol. The molecule has 0 amide bonds. The van der Waals surface area contributed by atoms with Crippen molar-refractivity contribution in [2.75, 3.05) is 43.5 Å². The first-order valence-electron chi connectivity index (χ1n) is 14.6. The van der Waals surface area contributed by atoms with Crippen LogP contribution in [-0.2, 0) is 11.8 Å². The highest BCUT2D eigenvalue weighted by Crippen LogP contribution is 2.48. The molecular formula is C31H42ClN5O2. The first kappa shape index (κ1) is 26.7. The maximum absolute atomic E-state index is 12.9. The average Bonchev–Trinajstić information content (AvgIpc) is 3.11. The van der Waals surface area contributed by atoms with Crippen LogP contribution in [0.15, 0.2) is 29.1 Å². The molecule has 3 saturated heterocycles. The Labute approximate surface area is 237 Å². The summed E-state index contributed by atoms with van der Waals surface area (Å²) in [5.74, 6) is 2.44. The van der Waals surface area contributed by atoms with Crippen molar-refractivity contribution in [2.24, 2.45) is 0 Å². The summed E-state index contributed by atoms with van der Waals surface area (Å²) >= 11 is 6.97. The Balaban J connectivity index is 1.26. The fourth-order valence-electron chi connectivity index (χ4n) is 7.77. The van der Waals surface area contributed by atoms with Gasteiger partial charge in [-0.15, -0.1) is 0 Å². The zero-order valence-electron chi connectivity index (χ0n) is 23.9. The molecule has 2 aromatic rings. The SMILES string of the molecule is C=C(C)C1(c2c(Cl)ccc(OC3CC4CCC(C3)N4C)c2C)CCN(c2nc3c(c(=O)[nH]2)CCCN3C)CC1. The fraction of sp³-hybridized carbons (Fsp3) is 0.613. The lowest BCUT2D eigenvalue weighted by Gasteiger charge is -2.44. The lowest BCUT2D eigenvalue weighted by atomic mass is 9.67. The van der Waals surface area contributed by atoms with Crippen molar-refractivity contribution in [1.29, 1.82) is 0 Å². The number of H-pyrrole nitrogens is 1. The molecule has 5 heterocycles. The van der Waals surface area contributed by atoms with Gasteiger partial charge in [-0.05, 0) is 95.5 Å². The number of fused-ring (bicyclic) bond motifs is 3. The molecular weight excluding hydrogens is 510 g/mol. The first-order chi connectivity index (χ1) is 18.7. The Kier molecular flexibility index (Phi) is 6.95. The zero-order valence-corrected chi connectivity index (χ0v) is 24.6. The molecule has 3 fully saturated rings. The van der Waals surface area contributed by atoms with E-state index in [1.807, 2.05) is 13.1 Å². The van der Waals surface area contributed by atoms with E-state index in [-0.39, 0.29) is 17.1 Å². The van der Waals surface area contributed by atoms with Gasteiger partial charge in [0.2, 0.25) is 5.95 Å². The summed E-state index contributed by atoms with van der Waals surface area (Å²) < 4.78 is 6.71. The summed E-state index contributed by atoms with van der Waals surface area (Å²) in [7, 11) is 4.29. The maximum Gasteiger partial charge on any atom is 0.257 e. The smallest absolute Gasteiger partial charge is 0.257 e. The number of anilines is 2. The minimum Gasteiger partial charge on any atom is -0.490 e. The Bertz CT molecular complexity index is 1320. The minimum atomic E-state index is -0.256. The number of piperidine rings is 2. The number of allylic oxidation sites excluding steroid dienone is 1. The summed E-state index contributed by atoms with van der Waals surface area (Å²) in [5.41, 5.74) is 3.94. The molecule has 4 aliphatic rings. The van der Waals surface area contributed by atoms with E-state index in [0.29, 0.717) is 18.0 Å². The monoisotopic (exact) mass is 551 g/mol. The molecule has 210 valence electrons. The molecule has 7 nitrogen and oxygen atoms in total. The largest absolute Gasteiger partial charge is 0.490 e. The van der Waals surface area contributed by atoms with Gasteiger partial charge in [0.05, 0.1) is 5.56 Å². The van der Waals surface area contributed by atoms with Crippen LogP contribution in [0.25, 0.3) is 0 Å². The van der Waals surface area contributed by atoms with E-state index in [4.69, 9.17) is 21.3 Å². The van der Waals surface area contributed by atoms with Crippen LogP contribution in [0, 0.1) is 6.92 Å². The van der Waals surface area contributed by atoms with Gasteiger partial charge in [0, 0.05) is 49.2 Å². The molecule has 1 aromatic heterocycles. The molecule has 1 aromatic carbocycles. The lowest BCUT2D eigenvalue weighted by Crippen LogP contribution is -2.45. The van der Waals surface area contributed by atoms with Crippen LogP contribution < -0.4 is 20.1 Å². The zero-order chi connectivity index (χ0) is 27.5. The maximum atomic E-state index is 12.9. The van der Waals surface area contributed by atoms with E-state index < -0.39 is 0 Å². The molecule has 0 radical (unpaired) electrons. The third-order valence-electron chi connectivity index (χ3n) is 10.2. The number of halogens is 1. The predicted octanol–water partition coefficient (Wildman–Crippen LogP) is 5.23. The number of hydrogen-bond donors (Lipinski definition) is 1. The Morgan fingerprint density at radius 3 is 2.51 bits per heavy atom. The average molecular weight is 552 g/mol. The van der Waals surface area contributed by atoms with Crippen molar-refractivity contribution in [3.05, 3.63) is 56.4 Å². The molecule has 0 aliphatic carbocycles. The van der Waals surface area contributed by atoms with Gasteiger partial charge in [-0.3, -0.25) is 9.78 Å². The highest BCUT2D eigenvalue weighted by molar-refractivity contribution is 6.31. The number of hydrogen-bond acceptors (Lipinski definition) is 6. The topological polar surface area (TPSA) is 64.7 Å². The second-order valence-electron chi connectivity index (χ2n) is 12.4. The van der Waals surface area contributed by atoms with Crippen LogP contribution in [0.2, 0.25) is 5.02 Å². The summed E-state index contributed by atoms with van der Waals surface area (Å²) in [6, 6.07) is 5.34. The molecule has 1 N–H and O–H groups in total. The molecule has 8 heteroatoms. The van der Waals surface area contributed by atoms with Crippen LogP contribution in [0.5, 0.6) is 5.75 Å². The summed E-state index contributed by atoms with van der Waals surface area (Å²) in [4.78, 5) is 27.7. The van der Waals surface area contributed by atoms with Crippen molar-refractivity contribution in [3.63, 3.8) is 0 Å². The summed E-state index contributed by atoms with van der Waals surface area (Å²) in [5, 5.41) is 0.779. The Morgan fingerprint density at radius 2 is 1.85 bits per heavy atom. The lowest BCUT2D eigenvalue weighted by molar-refractivity contribution is 0.0656. The van der Waals surface area contributed by atoms with Gasteiger partial charge in [0.1, 0.15) is 17.7 Å². The van der Waals surface area contributed by atoms with Crippen molar-refractivity contribution in [2.45, 2.75) is 88.8 Å². The molecule has 4 aliphatic heterocycles. The second kappa shape index (κ2) is 10.2. The van der Waals surface area contributed by atoms with E-state index in [1.54, 1.807) is 0 Å². The van der Waals surface area contributed by atoms with Gasteiger partial charge >= 0.3 is 0 Å². The van der Waals surface area contributed by atoms with Crippen molar-refractivity contribution < 1.29 is 4.74 Å². The van der Waals surface area contributed by atoms with Crippen LogP contribution in [-0.4, -0.2) is 66.8 Å². The summed E-state index contributed by atoms with van der Waals surface area (Å²) in [6.45, 7) is 11.2. The number of aromatic amines is 1. The van der Waals surface area contributed by atoms with Gasteiger partial charge in [-0.2, -0.15) is 4.98 Å². The van der Waals surface area contributed by atoms with E-state index in [2.05, 4.69) is 53.2 Å². The normalized spacial score (nSPS) is 26.4. The van der Waals surface area contributed by atoms with E-state index in [9.17, 15) is 4.79 Å². The minimum absolute atomic E-state index is 0.00984. The van der Waals surface area contributed by atoms with E-state index in [1.165, 1.54) is 12.8 Å². The number of ether oxygens (including phenoxy) is 1. The van der Waals surface area contributed by atoms with Crippen LogP contribution in [0.1, 0.15) is 68.6 Å². The van der Waals surface area contributed by atoms with E-state index in [0.717, 1.165) is 97.0 Å². The molecule has 39 heavy (non-hydrogen) atoms. The Morgan fingerprint density at radius 1 is 1.15 bits per heavy atom. The van der Waals surface area contributed by atoms with Gasteiger partial charge < -0.3 is 19.4 Å². The number of nitrogens with one attached hydrogen (secondary N) is 1. The number of benzene rings is 1. The number of aromatic nitrogens is 2. The third-order valence-corrected chi connectivity index (χ3v) is 10.5. The second-order valence-corrected chi connectivity index (χ2v) is 12.8. The van der Waals surface area contributed by atoms with Gasteiger partial charge in [0.15, 0.2) is 0 Å². The first-order valence-corrected chi connectivity index (χ1v) is 15.0. The molecule has 0 saturated carbocycles.